The summed E-state index contributed by atoms with van der Waals surface area (Å²) < 4.78 is 1.71. The monoisotopic (exact) mass is 286 g/mol. The topological polar surface area (TPSA) is 58.9 Å². The summed E-state index contributed by atoms with van der Waals surface area (Å²) in [6.07, 6.45) is 5.27. The summed E-state index contributed by atoms with van der Waals surface area (Å²) in [5.41, 5.74) is 2.10. The summed E-state index contributed by atoms with van der Waals surface area (Å²) in [4.78, 5) is 2.52. The lowest BCUT2D eigenvalue weighted by molar-refractivity contribution is 0.300. The van der Waals surface area contributed by atoms with Gasteiger partial charge < -0.3 is 10.2 Å². The number of aromatic nitrogens is 4. The SMILES string of the molecule is CCN1CCCC(Nc2ccccc2-n2cnnn2)CC1. The number of tetrazole rings is 1. The average Bonchev–Trinajstić information content (AvgIpc) is 2.95. The van der Waals surface area contributed by atoms with E-state index >= 15 is 0 Å². The van der Waals surface area contributed by atoms with Crippen LogP contribution in [0.5, 0.6) is 0 Å². The minimum absolute atomic E-state index is 0.513. The smallest absolute Gasteiger partial charge is 0.143 e. The number of rotatable bonds is 4. The number of likely N-dealkylation sites (tertiary alicyclic amines) is 1. The van der Waals surface area contributed by atoms with Crippen LogP contribution >= 0.6 is 0 Å². The van der Waals surface area contributed by atoms with Gasteiger partial charge in [-0.2, -0.15) is 4.68 Å². The second-order valence-electron chi connectivity index (χ2n) is 5.48. The molecule has 1 aromatic carbocycles. The van der Waals surface area contributed by atoms with Gasteiger partial charge in [0.2, 0.25) is 0 Å². The van der Waals surface area contributed by atoms with Crippen LogP contribution in [0.15, 0.2) is 30.6 Å². The van der Waals surface area contributed by atoms with Gasteiger partial charge in [-0.3, -0.25) is 0 Å². The molecule has 0 bridgehead atoms. The molecule has 1 aromatic heterocycles. The maximum absolute atomic E-state index is 3.99. The standard InChI is InChI=1S/C15H22N6/c1-2-20-10-5-6-13(9-11-20)17-14-7-3-4-8-15(14)21-12-16-18-19-21/h3-4,7-8,12-13,17H,2,5-6,9-11H2,1H3. The van der Waals surface area contributed by atoms with Gasteiger partial charge in [0.25, 0.3) is 0 Å². The number of anilines is 1. The van der Waals surface area contributed by atoms with E-state index in [0.717, 1.165) is 17.9 Å². The lowest BCUT2D eigenvalue weighted by atomic mass is 10.1. The Bertz CT molecular complexity index is 553. The summed E-state index contributed by atoms with van der Waals surface area (Å²) in [6.45, 7) is 5.76. The molecule has 1 saturated heterocycles. The second-order valence-corrected chi connectivity index (χ2v) is 5.48. The van der Waals surface area contributed by atoms with Gasteiger partial charge in [-0.25, -0.2) is 0 Å². The van der Waals surface area contributed by atoms with Crippen LogP contribution in [0.1, 0.15) is 26.2 Å². The third-order valence-corrected chi connectivity index (χ3v) is 4.13. The van der Waals surface area contributed by atoms with Gasteiger partial charge in [0.1, 0.15) is 6.33 Å². The largest absolute Gasteiger partial charge is 0.381 e. The second kappa shape index (κ2) is 6.67. The first-order valence-electron chi connectivity index (χ1n) is 7.68. The minimum Gasteiger partial charge on any atom is -0.381 e. The van der Waals surface area contributed by atoms with E-state index in [4.69, 9.17) is 0 Å². The van der Waals surface area contributed by atoms with Crippen molar-refractivity contribution < 1.29 is 0 Å². The Morgan fingerprint density at radius 3 is 2.95 bits per heavy atom. The molecule has 2 heterocycles. The molecule has 1 atom stereocenters. The normalized spacial score (nSPS) is 20.1. The van der Waals surface area contributed by atoms with Crippen LogP contribution < -0.4 is 5.32 Å². The number of hydrogen-bond acceptors (Lipinski definition) is 5. The molecule has 1 aliphatic rings. The van der Waals surface area contributed by atoms with Crippen LogP contribution in [0.4, 0.5) is 5.69 Å². The Labute approximate surface area is 125 Å². The van der Waals surface area contributed by atoms with Crippen molar-refractivity contribution >= 4 is 5.69 Å². The van der Waals surface area contributed by atoms with Crippen LogP contribution in [-0.2, 0) is 0 Å². The van der Waals surface area contributed by atoms with Crippen molar-refractivity contribution in [2.75, 3.05) is 25.0 Å². The summed E-state index contributed by atoms with van der Waals surface area (Å²) in [6, 6.07) is 8.70. The van der Waals surface area contributed by atoms with Gasteiger partial charge >= 0.3 is 0 Å². The molecule has 0 saturated carbocycles. The summed E-state index contributed by atoms with van der Waals surface area (Å²) in [5, 5.41) is 15.1. The summed E-state index contributed by atoms with van der Waals surface area (Å²) >= 11 is 0. The Balaban J connectivity index is 1.73. The number of para-hydroxylation sites is 2. The molecule has 2 aromatic rings. The third-order valence-electron chi connectivity index (χ3n) is 4.13. The van der Waals surface area contributed by atoms with Crippen molar-refractivity contribution in [3.05, 3.63) is 30.6 Å². The predicted octanol–water partition coefficient (Wildman–Crippen LogP) is 1.95. The van der Waals surface area contributed by atoms with Crippen LogP contribution in [0.25, 0.3) is 5.69 Å². The number of hydrogen-bond donors (Lipinski definition) is 1. The first-order chi connectivity index (χ1) is 10.4. The number of benzene rings is 1. The van der Waals surface area contributed by atoms with Crippen molar-refractivity contribution in [1.82, 2.24) is 25.1 Å². The Morgan fingerprint density at radius 2 is 2.14 bits per heavy atom. The van der Waals surface area contributed by atoms with Crippen molar-refractivity contribution in [1.29, 1.82) is 0 Å². The third kappa shape index (κ3) is 3.39. The van der Waals surface area contributed by atoms with Crippen LogP contribution in [0.2, 0.25) is 0 Å². The zero-order valence-electron chi connectivity index (χ0n) is 12.4. The van der Waals surface area contributed by atoms with Crippen molar-refractivity contribution in [2.24, 2.45) is 0 Å². The molecule has 0 radical (unpaired) electrons. The van der Waals surface area contributed by atoms with Gasteiger partial charge in [0.15, 0.2) is 0 Å². The molecule has 3 rings (SSSR count). The molecule has 0 amide bonds. The fraction of sp³-hybridized carbons (Fsp3) is 0.533. The highest BCUT2D eigenvalue weighted by Gasteiger charge is 2.17. The Kier molecular flexibility index (Phi) is 4.45. The van der Waals surface area contributed by atoms with E-state index in [2.05, 4.69) is 38.7 Å². The fourth-order valence-electron chi connectivity index (χ4n) is 2.90. The quantitative estimate of drug-likeness (QED) is 0.931. The molecule has 1 fully saturated rings. The molecule has 6 nitrogen and oxygen atoms in total. The maximum Gasteiger partial charge on any atom is 0.143 e. The van der Waals surface area contributed by atoms with E-state index in [1.807, 2.05) is 18.2 Å². The van der Waals surface area contributed by atoms with Crippen LogP contribution in [-0.4, -0.2) is 50.8 Å². The molecule has 1 unspecified atom stereocenters. The maximum atomic E-state index is 3.99. The first-order valence-corrected chi connectivity index (χ1v) is 7.68. The molecular formula is C15H22N6. The van der Waals surface area contributed by atoms with Crippen molar-refractivity contribution in [3.63, 3.8) is 0 Å². The molecule has 1 N–H and O–H groups in total. The Hall–Kier alpha value is -1.95. The average molecular weight is 286 g/mol. The van der Waals surface area contributed by atoms with E-state index in [-0.39, 0.29) is 0 Å². The van der Waals surface area contributed by atoms with Gasteiger partial charge in [0.05, 0.1) is 11.4 Å². The minimum atomic E-state index is 0.513. The molecule has 0 aliphatic carbocycles. The molecule has 1 aliphatic heterocycles. The first kappa shape index (κ1) is 14.0. The van der Waals surface area contributed by atoms with Crippen LogP contribution in [0, 0.1) is 0 Å². The van der Waals surface area contributed by atoms with Crippen molar-refractivity contribution in [2.45, 2.75) is 32.2 Å². The highest BCUT2D eigenvalue weighted by atomic mass is 15.5. The zero-order chi connectivity index (χ0) is 14.5. The number of nitrogens with one attached hydrogen (secondary N) is 1. The summed E-state index contributed by atoms with van der Waals surface area (Å²) in [5.74, 6) is 0. The van der Waals surface area contributed by atoms with E-state index in [9.17, 15) is 0 Å². The van der Waals surface area contributed by atoms with Gasteiger partial charge in [0, 0.05) is 12.6 Å². The number of nitrogens with zero attached hydrogens (tertiary/aromatic N) is 5. The zero-order valence-corrected chi connectivity index (χ0v) is 12.4. The van der Waals surface area contributed by atoms with E-state index in [1.54, 1.807) is 11.0 Å². The van der Waals surface area contributed by atoms with E-state index in [1.165, 1.54) is 32.4 Å². The lowest BCUT2D eigenvalue weighted by Crippen LogP contribution is -2.26. The van der Waals surface area contributed by atoms with Crippen LogP contribution in [0.3, 0.4) is 0 Å². The lowest BCUT2D eigenvalue weighted by Gasteiger charge is -2.20. The molecule has 21 heavy (non-hydrogen) atoms. The highest BCUT2D eigenvalue weighted by molar-refractivity contribution is 5.60. The fourth-order valence-corrected chi connectivity index (χ4v) is 2.90. The van der Waals surface area contributed by atoms with Crippen molar-refractivity contribution in [3.8, 4) is 5.69 Å². The van der Waals surface area contributed by atoms with E-state index in [0.29, 0.717) is 6.04 Å². The van der Waals surface area contributed by atoms with E-state index < -0.39 is 0 Å². The van der Waals surface area contributed by atoms with Gasteiger partial charge in [-0.15, -0.1) is 5.10 Å². The van der Waals surface area contributed by atoms with Gasteiger partial charge in [-0.1, -0.05) is 19.1 Å². The molecule has 0 spiro atoms. The Morgan fingerprint density at radius 1 is 1.24 bits per heavy atom. The molecule has 6 heteroatoms. The predicted molar refractivity (Wildman–Crippen MR) is 82.5 cm³/mol. The molecule has 112 valence electrons. The molecular weight excluding hydrogens is 264 g/mol. The van der Waals surface area contributed by atoms with Gasteiger partial charge in [-0.05, 0) is 54.9 Å². The highest BCUT2D eigenvalue weighted by Crippen LogP contribution is 2.22. The summed E-state index contributed by atoms with van der Waals surface area (Å²) in [7, 11) is 0.